The zero-order valence-electron chi connectivity index (χ0n) is 16.5. The molecule has 5 heteroatoms. The molecule has 0 aliphatic heterocycles. The predicted molar refractivity (Wildman–Crippen MR) is 114 cm³/mol. The summed E-state index contributed by atoms with van der Waals surface area (Å²) in [5.41, 5.74) is 3.91. The molecule has 27 heavy (non-hydrogen) atoms. The van der Waals surface area contributed by atoms with Gasteiger partial charge < -0.3 is 10.6 Å². The van der Waals surface area contributed by atoms with Gasteiger partial charge >= 0.3 is 11.8 Å². The van der Waals surface area contributed by atoms with Crippen LogP contribution in [0.4, 0.5) is 5.69 Å². The average molecular weight is 385 g/mol. The Bertz CT molecular complexity index is 785. The van der Waals surface area contributed by atoms with E-state index in [0.717, 1.165) is 17.7 Å². The normalized spacial score (nSPS) is 11.1. The number of rotatable bonds is 7. The molecular formula is C22H28N2O2S. The van der Waals surface area contributed by atoms with Crippen molar-refractivity contribution in [2.75, 3.05) is 23.9 Å². The Hall–Kier alpha value is -2.27. The number of aryl methyl sites for hydroxylation is 2. The molecule has 2 N–H and O–H groups in total. The van der Waals surface area contributed by atoms with Gasteiger partial charge in [-0.1, -0.05) is 50.2 Å². The molecule has 2 rings (SSSR count). The number of anilines is 1. The summed E-state index contributed by atoms with van der Waals surface area (Å²) in [6.07, 6.45) is 3.07. The molecule has 0 aliphatic carbocycles. The van der Waals surface area contributed by atoms with Gasteiger partial charge in [0, 0.05) is 17.6 Å². The number of carbonyl (C=O) groups excluding carboxylic acids is 2. The minimum absolute atomic E-state index is 0.264. The molecule has 0 saturated heterocycles. The van der Waals surface area contributed by atoms with E-state index in [1.165, 1.54) is 11.1 Å². The van der Waals surface area contributed by atoms with Crippen molar-refractivity contribution < 1.29 is 9.59 Å². The lowest BCUT2D eigenvalue weighted by Gasteiger charge is -2.27. The molecule has 2 amide bonds. The minimum atomic E-state index is -0.646. The van der Waals surface area contributed by atoms with Crippen LogP contribution in [0.15, 0.2) is 48.5 Å². The lowest BCUT2D eigenvalue weighted by Crippen LogP contribution is -2.42. The van der Waals surface area contributed by atoms with Crippen molar-refractivity contribution in [2.45, 2.75) is 32.6 Å². The van der Waals surface area contributed by atoms with Crippen molar-refractivity contribution in [3.63, 3.8) is 0 Å². The van der Waals surface area contributed by atoms with Crippen LogP contribution in [0.5, 0.6) is 0 Å². The summed E-state index contributed by atoms with van der Waals surface area (Å²) >= 11 is 1.80. The smallest absolute Gasteiger partial charge is 0.313 e. The maximum Gasteiger partial charge on any atom is 0.313 e. The number of thioether (sulfide) groups is 1. The first-order valence-corrected chi connectivity index (χ1v) is 10.5. The van der Waals surface area contributed by atoms with E-state index in [2.05, 4.69) is 49.8 Å². The van der Waals surface area contributed by atoms with Gasteiger partial charge in [-0.15, -0.1) is 0 Å². The first-order chi connectivity index (χ1) is 12.8. The minimum Gasteiger partial charge on any atom is -0.347 e. The van der Waals surface area contributed by atoms with Gasteiger partial charge in [0.2, 0.25) is 0 Å². The second-order valence-corrected chi connectivity index (χ2v) is 8.26. The van der Waals surface area contributed by atoms with Crippen molar-refractivity contribution in [2.24, 2.45) is 0 Å². The van der Waals surface area contributed by atoms with Crippen molar-refractivity contribution in [1.29, 1.82) is 0 Å². The second kappa shape index (κ2) is 9.60. The predicted octanol–water partition coefficient (Wildman–Crippen LogP) is 3.93. The third-order valence-corrected chi connectivity index (χ3v) is 5.19. The molecule has 2 aromatic carbocycles. The van der Waals surface area contributed by atoms with E-state index in [0.29, 0.717) is 12.2 Å². The molecule has 0 spiro atoms. The molecule has 0 unspecified atom stereocenters. The van der Waals surface area contributed by atoms with Gasteiger partial charge in [0.1, 0.15) is 0 Å². The van der Waals surface area contributed by atoms with E-state index in [-0.39, 0.29) is 5.41 Å². The molecule has 0 fully saturated rings. The Morgan fingerprint density at radius 2 is 1.67 bits per heavy atom. The van der Waals surface area contributed by atoms with Gasteiger partial charge in [-0.3, -0.25) is 9.59 Å². The van der Waals surface area contributed by atoms with Gasteiger partial charge in [0.15, 0.2) is 0 Å². The third kappa shape index (κ3) is 6.14. The van der Waals surface area contributed by atoms with Crippen LogP contribution in [0, 0.1) is 6.92 Å². The Labute approximate surface area is 166 Å². The third-order valence-electron chi connectivity index (χ3n) is 4.58. The number of hydrogen-bond donors (Lipinski definition) is 2. The molecule has 0 saturated carbocycles. The number of benzene rings is 2. The van der Waals surface area contributed by atoms with Crippen LogP contribution in [0.2, 0.25) is 0 Å². The molecule has 0 atom stereocenters. The fourth-order valence-electron chi connectivity index (χ4n) is 2.97. The van der Waals surface area contributed by atoms with E-state index in [1.807, 2.05) is 36.4 Å². The number of amides is 2. The standard InChI is InChI=1S/C22H28N2O2S/c1-16-7-5-6-8-19(16)22(2,3)15-23-20(25)21(26)24-18-11-9-17(10-12-18)13-14-27-4/h5-12H,13-15H2,1-4H3,(H,23,25)(H,24,26). The van der Waals surface area contributed by atoms with E-state index < -0.39 is 11.8 Å². The Morgan fingerprint density at radius 1 is 1.00 bits per heavy atom. The Balaban J connectivity index is 1.90. The van der Waals surface area contributed by atoms with Crippen LogP contribution >= 0.6 is 11.8 Å². The van der Waals surface area contributed by atoms with Gasteiger partial charge in [-0.25, -0.2) is 0 Å². The summed E-state index contributed by atoms with van der Waals surface area (Å²) in [6, 6.07) is 15.7. The molecule has 0 radical (unpaired) electrons. The second-order valence-electron chi connectivity index (χ2n) is 7.28. The van der Waals surface area contributed by atoms with Crippen LogP contribution in [-0.2, 0) is 21.4 Å². The Kier molecular flexibility index (Phi) is 7.48. The molecule has 0 aromatic heterocycles. The molecular weight excluding hydrogens is 356 g/mol. The first kappa shape index (κ1) is 21.0. The zero-order valence-corrected chi connectivity index (χ0v) is 17.3. The summed E-state index contributed by atoms with van der Waals surface area (Å²) in [5, 5.41) is 5.41. The number of hydrogen-bond acceptors (Lipinski definition) is 3. The highest BCUT2D eigenvalue weighted by atomic mass is 32.2. The quantitative estimate of drug-likeness (QED) is 0.711. The Morgan fingerprint density at radius 3 is 2.30 bits per heavy atom. The van der Waals surface area contributed by atoms with Gasteiger partial charge in [0.05, 0.1) is 0 Å². The maximum absolute atomic E-state index is 12.2. The highest BCUT2D eigenvalue weighted by Gasteiger charge is 2.24. The topological polar surface area (TPSA) is 58.2 Å². The first-order valence-electron chi connectivity index (χ1n) is 9.06. The summed E-state index contributed by atoms with van der Waals surface area (Å²) in [5.74, 6) is -0.208. The lowest BCUT2D eigenvalue weighted by atomic mass is 9.82. The van der Waals surface area contributed by atoms with Gasteiger partial charge in [-0.05, 0) is 54.2 Å². The van der Waals surface area contributed by atoms with Crippen LogP contribution in [0.1, 0.15) is 30.5 Å². The summed E-state index contributed by atoms with van der Waals surface area (Å²) < 4.78 is 0. The zero-order chi connectivity index (χ0) is 19.9. The number of carbonyl (C=O) groups is 2. The molecule has 2 aromatic rings. The summed E-state index contributed by atoms with van der Waals surface area (Å²) in [4.78, 5) is 24.4. The van der Waals surface area contributed by atoms with Crippen LogP contribution < -0.4 is 10.6 Å². The molecule has 4 nitrogen and oxygen atoms in total. The summed E-state index contributed by atoms with van der Waals surface area (Å²) in [7, 11) is 0. The maximum atomic E-state index is 12.2. The van der Waals surface area contributed by atoms with Crippen LogP contribution in [0.3, 0.4) is 0 Å². The van der Waals surface area contributed by atoms with E-state index in [1.54, 1.807) is 11.8 Å². The van der Waals surface area contributed by atoms with Crippen LogP contribution in [0.25, 0.3) is 0 Å². The average Bonchev–Trinajstić information content (AvgIpc) is 2.65. The van der Waals surface area contributed by atoms with Gasteiger partial charge in [-0.2, -0.15) is 11.8 Å². The molecule has 0 heterocycles. The molecule has 144 valence electrons. The van der Waals surface area contributed by atoms with E-state index >= 15 is 0 Å². The van der Waals surface area contributed by atoms with Crippen LogP contribution in [-0.4, -0.2) is 30.4 Å². The monoisotopic (exact) mass is 384 g/mol. The molecule has 0 aliphatic rings. The summed E-state index contributed by atoms with van der Waals surface area (Å²) in [6.45, 7) is 6.55. The SMILES string of the molecule is CSCCc1ccc(NC(=O)C(=O)NCC(C)(C)c2ccccc2C)cc1. The fraction of sp³-hybridized carbons (Fsp3) is 0.364. The fourth-order valence-corrected chi connectivity index (χ4v) is 3.41. The van der Waals surface area contributed by atoms with E-state index in [9.17, 15) is 9.59 Å². The van der Waals surface area contributed by atoms with E-state index in [4.69, 9.17) is 0 Å². The highest BCUT2D eigenvalue weighted by Crippen LogP contribution is 2.25. The lowest BCUT2D eigenvalue weighted by molar-refractivity contribution is -0.136. The van der Waals surface area contributed by atoms with Crippen molar-refractivity contribution >= 4 is 29.3 Å². The largest absolute Gasteiger partial charge is 0.347 e. The van der Waals surface area contributed by atoms with Crippen molar-refractivity contribution in [3.05, 3.63) is 65.2 Å². The number of nitrogens with one attached hydrogen (secondary N) is 2. The molecule has 0 bridgehead atoms. The highest BCUT2D eigenvalue weighted by molar-refractivity contribution is 7.98. The van der Waals surface area contributed by atoms with Crippen molar-refractivity contribution in [1.82, 2.24) is 5.32 Å². The van der Waals surface area contributed by atoms with Crippen molar-refractivity contribution in [3.8, 4) is 0 Å². The van der Waals surface area contributed by atoms with Gasteiger partial charge in [0.25, 0.3) is 0 Å².